The first-order valence-electron chi connectivity index (χ1n) is 7.63. The van der Waals surface area contributed by atoms with Gasteiger partial charge in [0.1, 0.15) is 0 Å². The number of alkyl halides is 6. The quantitative estimate of drug-likeness (QED) is 0.257. The molecule has 1 aliphatic carbocycles. The van der Waals surface area contributed by atoms with Crippen LogP contribution in [0.4, 0.5) is 26.3 Å². The molecule has 0 amide bonds. The highest BCUT2D eigenvalue weighted by atomic mass is 32.2. The standard InChI is InChI=1S/C17H10F6O2S4/c1-26-13-9(3-7(5-24)28-13)11-12(10-4-8(6-25)29-14(10)27-2)16(20,21)17(22,23)15(11,18)19/h3-6H,1-2H3. The normalized spacial score (nSPS) is 19.6. The van der Waals surface area contributed by atoms with Gasteiger partial charge in [0.05, 0.1) is 18.2 Å². The summed E-state index contributed by atoms with van der Waals surface area (Å²) in [5.41, 5.74) is -4.11. The van der Waals surface area contributed by atoms with E-state index in [0.717, 1.165) is 58.3 Å². The third-order valence-corrected chi connectivity index (χ3v) is 8.63. The molecular formula is C17H10F6O2S4. The van der Waals surface area contributed by atoms with E-state index in [2.05, 4.69) is 0 Å². The molecule has 0 aliphatic heterocycles. The number of carbonyl (C=O) groups is 2. The van der Waals surface area contributed by atoms with Gasteiger partial charge in [0.25, 0.3) is 0 Å². The van der Waals surface area contributed by atoms with E-state index in [-0.39, 0.29) is 18.2 Å². The van der Waals surface area contributed by atoms with Crippen LogP contribution in [-0.2, 0) is 0 Å². The molecule has 12 heteroatoms. The van der Waals surface area contributed by atoms with Crippen molar-refractivity contribution in [3.63, 3.8) is 0 Å². The van der Waals surface area contributed by atoms with Crippen LogP contribution >= 0.6 is 46.2 Å². The smallest absolute Gasteiger partial charge is 0.297 e. The Labute approximate surface area is 177 Å². The summed E-state index contributed by atoms with van der Waals surface area (Å²) >= 11 is 3.25. The second-order valence-corrected chi connectivity index (χ2v) is 10.1. The van der Waals surface area contributed by atoms with Crippen molar-refractivity contribution in [2.24, 2.45) is 0 Å². The molecule has 2 aromatic rings. The molecule has 2 nitrogen and oxygen atoms in total. The van der Waals surface area contributed by atoms with Crippen molar-refractivity contribution in [1.29, 1.82) is 0 Å². The fourth-order valence-electron chi connectivity index (χ4n) is 2.99. The van der Waals surface area contributed by atoms with E-state index in [1.54, 1.807) is 0 Å². The summed E-state index contributed by atoms with van der Waals surface area (Å²) < 4.78 is 87.9. The number of rotatable bonds is 6. The van der Waals surface area contributed by atoms with Gasteiger partial charge in [-0.05, 0) is 24.6 Å². The zero-order valence-electron chi connectivity index (χ0n) is 14.5. The topological polar surface area (TPSA) is 34.1 Å². The second kappa shape index (κ2) is 7.47. The number of aldehydes is 2. The minimum atomic E-state index is -5.69. The lowest BCUT2D eigenvalue weighted by Gasteiger charge is -2.25. The molecule has 0 unspecified atom stereocenters. The summed E-state index contributed by atoms with van der Waals surface area (Å²) in [6, 6.07) is 1.83. The maximum Gasteiger partial charge on any atom is 0.380 e. The summed E-state index contributed by atoms with van der Waals surface area (Å²) in [7, 11) is 0. The van der Waals surface area contributed by atoms with Gasteiger partial charge in [-0.2, -0.15) is 26.3 Å². The largest absolute Gasteiger partial charge is 0.380 e. The van der Waals surface area contributed by atoms with Gasteiger partial charge >= 0.3 is 17.8 Å². The van der Waals surface area contributed by atoms with Crippen molar-refractivity contribution in [2.45, 2.75) is 26.2 Å². The highest BCUT2D eigenvalue weighted by Crippen LogP contribution is 2.66. The summed E-state index contributed by atoms with van der Waals surface area (Å²) in [4.78, 5) is 22.0. The lowest BCUT2D eigenvalue weighted by Crippen LogP contribution is -2.48. The Balaban J connectivity index is 2.48. The summed E-state index contributed by atoms with van der Waals surface area (Å²) in [5.74, 6) is -16.1. The SMILES string of the molecule is CSc1sc(C=O)cc1C1=C(c2cc(C=O)sc2SC)C(F)(F)C(F)(F)C1(F)F. The predicted molar refractivity (Wildman–Crippen MR) is 105 cm³/mol. The molecular weight excluding hydrogens is 478 g/mol. The van der Waals surface area contributed by atoms with Gasteiger partial charge < -0.3 is 0 Å². The first kappa shape index (κ1) is 22.4. The Hall–Kier alpha value is -1.24. The van der Waals surface area contributed by atoms with Crippen LogP contribution in [0.15, 0.2) is 20.6 Å². The van der Waals surface area contributed by atoms with E-state index < -0.39 is 40.0 Å². The molecule has 2 aromatic heterocycles. The summed E-state index contributed by atoms with van der Waals surface area (Å²) in [6.45, 7) is 0. The summed E-state index contributed by atoms with van der Waals surface area (Å²) in [6.07, 6.45) is 3.58. The van der Waals surface area contributed by atoms with E-state index >= 15 is 0 Å². The Morgan fingerprint density at radius 1 is 0.759 bits per heavy atom. The van der Waals surface area contributed by atoms with Gasteiger partial charge in [-0.25, -0.2) is 0 Å². The highest BCUT2D eigenvalue weighted by Gasteiger charge is 2.80. The van der Waals surface area contributed by atoms with Gasteiger partial charge in [-0.3, -0.25) is 9.59 Å². The van der Waals surface area contributed by atoms with Crippen LogP contribution in [-0.4, -0.2) is 42.9 Å². The third-order valence-electron chi connectivity index (χ3n) is 4.24. The van der Waals surface area contributed by atoms with Crippen LogP contribution in [0.25, 0.3) is 11.1 Å². The highest BCUT2D eigenvalue weighted by molar-refractivity contribution is 8.00. The number of hydrogen-bond acceptors (Lipinski definition) is 6. The van der Waals surface area contributed by atoms with E-state index in [4.69, 9.17) is 0 Å². The van der Waals surface area contributed by atoms with Crippen molar-refractivity contribution in [1.82, 2.24) is 0 Å². The number of thiophene rings is 2. The fourth-order valence-corrected chi connectivity index (χ4v) is 6.41. The lowest BCUT2D eigenvalue weighted by atomic mass is 9.98. The van der Waals surface area contributed by atoms with Crippen LogP contribution in [0.5, 0.6) is 0 Å². The van der Waals surface area contributed by atoms with E-state index in [0.29, 0.717) is 12.6 Å². The zero-order chi connectivity index (χ0) is 21.8. The van der Waals surface area contributed by atoms with Gasteiger partial charge in [-0.15, -0.1) is 46.2 Å². The van der Waals surface area contributed by atoms with Crippen molar-refractivity contribution in [2.75, 3.05) is 12.5 Å². The lowest BCUT2D eigenvalue weighted by molar-refractivity contribution is -0.254. The van der Waals surface area contributed by atoms with Crippen molar-refractivity contribution >= 4 is 69.9 Å². The number of halogens is 6. The minimum Gasteiger partial charge on any atom is -0.297 e. The molecule has 1 aliphatic rings. The van der Waals surface area contributed by atoms with E-state index in [1.165, 1.54) is 12.5 Å². The molecule has 2 heterocycles. The first-order chi connectivity index (χ1) is 13.5. The van der Waals surface area contributed by atoms with Gasteiger partial charge in [0.15, 0.2) is 12.6 Å². The minimum absolute atomic E-state index is 0.0318. The van der Waals surface area contributed by atoms with Crippen molar-refractivity contribution in [3.8, 4) is 0 Å². The molecule has 0 atom stereocenters. The maximum absolute atomic E-state index is 14.8. The van der Waals surface area contributed by atoms with Gasteiger partial charge in [0.2, 0.25) is 0 Å². The van der Waals surface area contributed by atoms with E-state index in [1.807, 2.05) is 0 Å². The first-order valence-corrected chi connectivity index (χ1v) is 11.7. The van der Waals surface area contributed by atoms with Crippen LogP contribution in [0.3, 0.4) is 0 Å². The number of thioether (sulfide) groups is 2. The molecule has 0 bridgehead atoms. The molecule has 0 saturated carbocycles. The zero-order valence-corrected chi connectivity index (χ0v) is 17.8. The Bertz CT molecular complexity index is 943. The number of allylic oxidation sites excluding steroid dienone is 2. The second-order valence-electron chi connectivity index (χ2n) is 5.82. The molecule has 0 radical (unpaired) electrons. The van der Waals surface area contributed by atoms with Crippen molar-refractivity contribution < 1.29 is 35.9 Å². The monoisotopic (exact) mass is 488 g/mol. The Morgan fingerprint density at radius 2 is 1.10 bits per heavy atom. The molecule has 156 valence electrons. The molecule has 0 saturated heterocycles. The van der Waals surface area contributed by atoms with Gasteiger partial charge in [0, 0.05) is 22.3 Å². The summed E-state index contributed by atoms with van der Waals surface area (Å²) in [5, 5.41) is 0. The molecule has 29 heavy (non-hydrogen) atoms. The molecule has 0 spiro atoms. The Morgan fingerprint density at radius 3 is 1.38 bits per heavy atom. The predicted octanol–water partition coefficient (Wildman–Crippen LogP) is 6.71. The average Bonchev–Trinajstić information content (AvgIpc) is 3.30. The fraction of sp³-hybridized carbons (Fsp3) is 0.294. The van der Waals surface area contributed by atoms with E-state index in [9.17, 15) is 35.9 Å². The van der Waals surface area contributed by atoms with Crippen LogP contribution in [0, 0.1) is 0 Å². The molecule has 0 aromatic carbocycles. The van der Waals surface area contributed by atoms with Crippen LogP contribution in [0.1, 0.15) is 30.5 Å². The molecule has 0 fully saturated rings. The third kappa shape index (κ3) is 3.10. The maximum atomic E-state index is 14.8. The van der Waals surface area contributed by atoms with Crippen molar-refractivity contribution in [3.05, 3.63) is 33.0 Å². The number of hydrogen-bond donors (Lipinski definition) is 0. The van der Waals surface area contributed by atoms with Crippen LogP contribution < -0.4 is 0 Å². The molecule has 0 N–H and O–H groups in total. The van der Waals surface area contributed by atoms with Gasteiger partial charge in [-0.1, -0.05) is 0 Å². The average molecular weight is 489 g/mol. The molecule has 3 rings (SSSR count). The van der Waals surface area contributed by atoms with Crippen LogP contribution in [0.2, 0.25) is 0 Å². The number of carbonyl (C=O) groups excluding carboxylic acids is 2. The Kier molecular flexibility index (Phi) is 5.78.